The first-order valence-electron chi connectivity index (χ1n) is 8.50. The Labute approximate surface area is 161 Å². The first-order chi connectivity index (χ1) is 13.0. The van der Waals surface area contributed by atoms with E-state index in [1.165, 1.54) is 6.92 Å². The second-order valence-electron chi connectivity index (χ2n) is 5.99. The summed E-state index contributed by atoms with van der Waals surface area (Å²) in [5.74, 6) is 0.994. The van der Waals surface area contributed by atoms with Gasteiger partial charge in [-0.05, 0) is 48.9 Å². The van der Waals surface area contributed by atoms with Gasteiger partial charge in [0.2, 0.25) is 0 Å². The van der Waals surface area contributed by atoms with Crippen molar-refractivity contribution in [3.8, 4) is 17.2 Å². The largest absolute Gasteiger partial charge is 0.489 e. The molecule has 0 atom stereocenters. The van der Waals surface area contributed by atoms with E-state index in [0.29, 0.717) is 46.6 Å². The highest BCUT2D eigenvalue weighted by Crippen LogP contribution is 2.38. The number of ketones is 1. The van der Waals surface area contributed by atoms with E-state index in [-0.39, 0.29) is 19.0 Å². The van der Waals surface area contributed by atoms with Gasteiger partial charge < -0.3 is 18.9 Å². The van der Waals surface area contributed by atoms with Crippen LogP contribution in [0.3, 0.4) is 0 Å². The summed E-state index contributed by atoms with van der Waals surface area (Å²) >= 11 is 6.22. The van der Waals surface area contributed by atoms with Crippen molar-refractivity contribution in [1.82, 2.24) is 0 Å². The van der Waals surface area contributed by atoms with Gasteiger partial charge in [-0.2, -0.15) is 0 Å². The molecule has 2 aromatic rings. The molecule has 0 aliphatic carbocycles. The maximum absolute atomic E-state index is 11.9. The molecule has 0 fully saturated rings. The van der Waals surface area contributed by atoms with E-state index in [1.54, 1.807) is 36.4 Å². The van der Waals surface area contributed by atoms with Gasteiger partial charge in [-0.1, -0.05) is 11.6 Å². The van der Waals surface area contributed by atoms with Gasteiger partial charge in [-0.15, -0.1) is 0 Å². The van der Waals surface area contributed by atoms with Crippen molar-refractivity contribution in [2.75, 3.05) is 19.8 Å². The van der Waals surface area contributed by atoms with E-state index in [2.05, 4.69) is 0 Å². The molecule has 142 valence electrons. The number of Topliss-reactive ketones (excluding diaryl/α,β-unsaturated/α-hetero) is 1. The van der Waals surface area contributed by atoms with Crippen LogP contribution in [-0.4, -0.2) is 31.6 Å². The lowest BCUT2D eigenvalue weighted by atomic mass is 10.1. The van der Waals surface area contributed by atoms with Crippen LogP contribution in [0, 0.1) is 0 Å². The Morgan fingerprint density at radius 2 is 1.85 bits per heavy atom. The molecular formula is C20H19ClO6. The Morgan fingerprint density at radius 3 is 2.59 bits per heavy atom. The highest BCUT2D eigenvalue weighted by Gasteiger charge is 2.16. The minimum atomic E-state index is -0.520. The Bertz CT molecular complexity index is 831. The number of carbonyl (C=O) groups is 2. The fraction of sp³-hybridized carbons (Fsp3) is 0.300. The zero-order valence-electron chi connectivity index (χ0n) is 14.8. The summed E-state index contributed by atoms with van der Waals surface area (Å²) in [4.78, 5) is 23.1. The smallest absolute Gasteiger partial charge is 0.344 e. The van der Waals surface area contributed by atoms with Crippen molar-refractivity contribution in [1.29, 1.82) is 0 Å². The van der Waals surface area contributed by atoms with E-state index in [4.69, 9.17) is 30.5 Å². The number of carbonyl (C=O) groups excluding carboxylic acids is 2. The van der Waals surface area contributed by atoms with Gasteiger partial charge >= 0.3 is 5.97 Å². The lowest BCUT2D eigenvalue weighted by Gasteiger charge is -2.12. The number of rotatable bonds is 6. The fourth-order valence-electron chi connectivity index (χ4n) is 2.50. The molecule has 0 bridgehead atoms. The van der Waals surface area contributed by atoms with Crippen LogP contribution < -0.4 is 14.2 Å². The van der Waals surface area contributed by atoms with E-state index in [9.17, 15) is 9.59 Å². The van der Waals surface area contributed by atoms with Gasteiger partial charge in [0, 0.05) is 12.0 Å². The summed E-state index contributed by atoms with van der Waals surface area (Å²) in [7, 11) is 0. The van der Waals surface area contributed by atoms with Gasteiger partial charge in [0.25, 0.3) is 0 Å². The van der Waals surface area contributed by atoms with Crippen molar-refractivity contribution >= 4 is 23.4 Å². The summed E-state index contributed by atoms with van der Waals surface area (Å²) in [6.45, 7) is 2.38. The molecule has 27 heavy (non-hydrogen) atoms. The van der Waals surface area contributed by atoms with E-state index in [1.807, 2.05) is 0 Å². The number of hydrogen-bond acceptors (Lipinski definition) is 6. The van der Waals surface area contributed by atoms with Crippen molar-refractivity contribution in [3.63, 3.8) is 0 Å². The normalized spacial score (nSPS) is 12.8. The predicted octanol–water partition coefficient (Wildman–Crippen LogP) is 3.83. The van der Waals surface area contributed by atoms with Gasteiger partial charge in [0.1, 0.15) is 12.4 Å². The molecule has 0 radical (unpaired) electrons. The Kier molecular flexibility index (Phi) is 6.19. The molecule has 0 amide bonds. The lowest BCUT2D eigenvalue weighted by molar-refractivity contribution is -0.147. The minimum Gasteiger partial charge on any atom is -0.489 e. The molecule has 1 heterocycles. The maximum Gasteiger partial charge on any atom is 0.344 e. The second kappa shape index (κ2) is 8.77. The van der Waals surface area contributed by atoms with Gasteiger partial charge in [-0.25, -0.2) is 4.79 Å². The number of halogens is 1. The lowest BCUT2D eigenvalue weighted by Crippen LogP contribution is -2.14. The SMILES string of the molecule is CC(=O)c1ccc(OCC(=O)OCc2cc(Cl)c3c(c2)OCCCO3)cc1. The molecular weight excluding hydrogens is 372 g/mol. The van der Waals surface area contributed by atoms with Crippen LogP contribution >= 0.6 is 11.6 Å². The topological polar surface area (TPSA) is 71.1 Å². The molecule has 6 nitrogen and oxygen atoms in total. The highest BCUT2D eigenvalue weighted by atomic mass is 35.5. The van der Waals surface area contributed by atoms with Crippen LogP contribution in [0.15, 0.2) is 36.4 Å². The molecule has 1 aliphatic heterocycles. The number of fused-ring (bicyclic) bond motifs is 1. The summed E-state index contributed by atoms with van der Waals surface area (Å²) in [6, 6.07) is 9.98. The molecule has 0 saturated carbocycles. The number of benzene rings is 2. The number of ether oxygens (including phenoxy) is 4. The average Bonchev–Trinajstić information content (AvgIpc) is 2.91. The van der Waals surface area contributed by atoms with Crippen molar-refractivity contribution in [2.24, 2.45) is 0 Å². The van der Waals surface area contributed by atoms with Gasteiger partial charge in [0.15, 0.2) is 23.9 Å². The molecule has 0 N–H and O–H groups in total. The monoisotopic (exact) mass is 390 g/mol. The van der Waals surface area contributed by atoms with Crippen LogP contribution in [0.5, 0.6) is 17.2 Å². The number of esters is 1. The minimum absolute atomic E-state index is 0.0326. The summed E-state index contributed by atoms with van der Waals surface area (Å²) in [5.41, 5.74) is 1.28. The quantitative estimate of drug-likeness (QED) is 0.551. The van der Waals surface area contributed by atoms with Crippen molar-refractivity contribution < 1.29 is 28.5 Å². The third-order valence-electron chi connectivity index (χ3n) is 3.88. The molecule has 1 aliphatic rings. The predicted molar refractivity (Wildman–Crippen MR) is 98.8 cm³/mol. The van der Waals surface area contributed by atoms with Crippen LogP contribution in [-0.2, 0) is 16.1 Å². The van der Waals surface area contributed by atoms with Gasteiger partial charge in [0.05, 0.1) is 18.2 Å². The van der Waals surface area contributed by atoms with Crippen LogP contribution in [0.4, 0.5) is 0 Å². The standard InChI is InChI=1S/C20H19ClO6/c1-13(22)15-3-5-16(6-4-15)26-12-19(23)27-11-14-9-17(21)20-18(10-14)24-7-2-8-25-20/h3-6,9-10H,2,7-8,11-12H2,1H3. The van der Waals surface area contributed by atoms with E-state index < -0.39 is 5.97 Å². The van der Waals surface area contributed by atoms with Crippen LogP contribution in [0.25, 0.3) is 0 Å². The maximum atomic E-state index is 11.9. The first-order valence-corrected chi connectivity index (χ1v) is 8.88. The van der Waals surface area contributed by atoms with Crippen LogP contribution in [0.2, 0.25) is 5.02 Å². The Hall–Kier alpha value is -2.73. The van der Waals surface area contributed by atoms with Crippen molar-refractivity contribution in [2.45, 2.75) is 20.0 Å². The molecule has 2 aromatic carbocycles. The Morgan fingerprint density at radius 1 is 1.11 bits per heavy atom. The fourth-order valence-corrected chi connectivity index (χ4v) is 2.79. The Balaban J connectivity index is 1.52. The second-order valence-corrected chi connectivity index (χ2v) is 6.39. The van der Waals surface area contributed by atoms with Gasteiger partial charge in [-0.3, -0.25) is 4.79 Å². The van der Waals surface area contributed by atoms with E-state index in [0.717, 1.165) is 6.42 Å². The van der Waals surface area contributed by atoms with Crippen LogP contribution in [0.1, 0.15) is 29.3 Å². The third-order valence-corrected chi connectivity index (χ3v) is 4.16. The highest BCUT2D eigenvalue weighted by molar-refractivity contribution is 6.32. The zero-order valence-corrected chi connectivity index (χ0v) is 15.6. The molecule has 0 saturated heterocycles. The molecule has 3 rings (SSSR count). The molecule has 0 aromatic heterocycles. The zero-order chi connectivity index (χ0) is 19.2. The van der Waals surface area contributed by atoms with Crippen molar-refractivity contribution in [3.05, 3.63) is 52.5 Å². The van der Waals surface area contributed by atoms with E-state index >= 15 is 0 Å². The first kappa shape index (κ1) is 19.0. The summed E-state index contributed by atoms with van der Waals surface area (Å²) in [5, 5.41) is 0.419. The third kappa shape index (κ3) is 5.14. The number of hydrogen-bond donors (Lipinski definition) is 0. The molecule has 7 heteroatoms. The molecule has 0 unspecified atom stereocenters. The molecule has 0 spiro atoms. The summed E-state index contributed by atoms with van der Waals surface area (Å²) < 4.78 is 21.8. The average molecular weight is 391 g/mol. The summed E-state index contributed by atoms with van der Waals surface area (Å²) in [6.07, 6.45) is 0.778.